The minimum atomic E-state index is 0.863. The third kappa shape index (κ3) is 1.63. The first kappa shape index (κ1) is 9.50. The summed E-state index contributed by atoms with van der Waals surface area (Å²) in [5.74, 6) is 0. The van der Waals surface area contributed by atoms with Gasteiger partial charge in [0.15, 0.2) is 0 Å². The minimum absolute atomic E-state index is 0.863. The Morgan fingerprint density at radius 2 is 2.23 bits per heavy atom. The van der Waals surface area contributed by atoms with Crippen molar-refractivity contribution in [2.75, 3.05) is 0 Å². The average molecular weight is 276 g/mol. The molecule has 0 spiro atoms. The summed E-state index contributed by atoms with van der Waals surface area (Å²) in [7, 11) is 0. The van der Waals surface area contributed by atoms with Gasteiger partial charge in [0.05, 0.1) is 5.02 Å². The molecule has 0 aliphatic rings. The van der Waals surface area contributed by atoms with Crippen molar-refractivity contribution in [3.63, 3.8) is 0 Å². The van der Waals surface area contributed by atoms with Gasteiger partial charge in [0.2, 0.25) is 0 Å². The van der Waals surface area contributed by atoms with Gasteiger partial charge in [-0.1, -0.05) is 33.6 Å². The number of fused-ring (bicyclic) bond motifs is 1. The van der Waals surface area contributed by atoms with Crippen LogP contribution in [-0.4, -0.2) is 0 Å². The van der Waals surface area contributed by atoms with E-state index in [2.05, 4.69) is 35.0 Å². The molecule has 0 radical (unpaired) electrons. The molecule has 0 bridgehead atoms. The lowest BCUT2D eigenvalue weighted by Gasteiger charge is -2.01. The van der Waals surface area contributed by atoms with Gasteiger partial charge in [-0.05, 0) is 24.1 Å². The molecule has 3 heteroatoms. The summed E-state index contributed by atoms with van der Waals surface area (Å²) in [4.78, 5) is 0. The molecule has 0 nitrogen and oxygen atoms in total. The van der Waals surface area contributed by atoms with Crippen molar-refractivity contribution in [2.24, 2.45) is 0 Å². The number of hydrogen-bond donors (Lipinski definition) is 0. The van der Waals surface area contributed by atoms with Gasteiger partial charge in [-0.15, -0.1) is 11.3 Å². The molecule has 2 aromatic rings. The van der Waals surface area contributed by atoms with Gasteiger partial charge < -0.3 is 0 Å². The molecule has 0 unspecified atom stereocenters. The smallest absolute Gasteiger partial charge is 0.0594 e. The van der Waals surface area contributed by atoms with Crippen LogP contribution in [0.5, 0.6) is 0 Å². The van der Waals surface area contributed by atoms with Crippen molar-refractivity contribution in [3.8, 4) is 0 Å². The fourth-order valence-corrected chi connectivity index (χ4v) is 3.29. The molecule has 0 atom stereocenters. The number of aryl methyl sites for hydroxylation is 1. The second-order valence-electron chi connectivity index (χ2n) is 3.01. The Morgan fingerprint density at radius 3 is 2.92 bits per heavy atom. The summed E-state index contributed by atoms with van der Waals surface area (Å²) in [6.07, 6.45) is 0. The normalized spacial score (nSPS) is 11.0. The number of hydrogen-bond acceptors (Lipinski definition) is 1. The van der Waals surface area contributed by atoms with Crippen molar-refractivity contribution >= 4 is 49.0 Å². The van der Waals surface area contributed by atoms with E-state index in [-0.39, 0.29) is 0 Å². The van der Waals surface area contributed by atoms with Crippen LogP contribution in [0.4, 0.5) is 0 Å². The van der Waals surface area contributed by atoms with Crippen molar-refractivity contribution < 1.29 is 0 Å². The fourth-order valence-electron chi connectivity index (χ4n) is 1.47. The molecule has 0 fully saturated rings. The summed E-state index contributed by atoms with van der Waals surface area (Å²) in [5, 5.41) is 4.93. The molecule has 0 saturated heterocycles. The molecule has 0 aliphatic heterocycles. The maximum atomic E-state index is 6.10. The van der Waals surface area contributed by atoms with Crippen molar-refractivity contribution in [3.05, 3.63) is 33.7 Å². The molecular formula is C10H8BrClS. The molecule has 13 heavy (non-hydrogen) atoms. The highest BCUT2D eigenvalue weighted by molar-refractivity contribution is 9.08. The van der Waals surface area contributed by atoms with Crippen LogP contribution in [0.15, 0.2) is 17.5 Å². The quantitative estimate of drug-likeness (QED) is 0.658. The van der Waals surface area contributed by atoms with Crippen LogP contribution in [0.25, 0.3) is 10.1 Å². The average Bonchev–Trinajstić information content (AvgIpc) is 2.46. The standard InChI is InChI=1S/C10H8BrClS/c1-6-2-7(4-11)10-8(12)5-13-9(10)3-6/h2-3,5H,4H2,1H3. The zero-order chi connectivity index (χ0) is 9.42. The van der Waals surface area contributed by atoms with Gasteiger partial charge in [0.25, 0.3) is 0 Å². The molecule has 1 aromatic carbocycles. The van der Waals surface area contributed by atoms with Crippen LogP contribution in [-0.2, 0) is 5.33 Å². The van der Waals surface area contributed by atoms with Gasteiger partial charge in [-0.3, -0.25) is 0 Å². The van der Waals surface area contributed by atoms with E-state index in [0.29, 0.717) is 0 Å². The largest absolute Gasteiger partial charge is 0.142 e. The number of alkyl halides is 1. The van der Waals surface area contributed by atoms with Gasteiger partial charge in [-0.25, -0.2) is 0 Å². The third-order valence-electron chi connectivity index (χ3n) is 2.00. The zero-order valence-corrected chi connectivity index (χ0v) is 10.3. The van der Waals surface area contributed by atoms with E-state index in [9.17, 15) is 0 Å². The number of benzene rings is 1. The molecular weight excluding hydrogens is 268 g/mol. The molecule has 0 saturated carbocycles. The van der Waals surface area contributed by atoms with E-state index in [1.807, 2.05) is 5.38 Å². The first-order chi connectivity index (χ1) is 6.22. The topological polar surface area (TPSA) is 0 Å². The van der Waals surface area contributed by atoms with Crippen LogP contribution in [0.3, 0.4) is 0 Å². The Morgan fingerprint density at radius 1 is 1.46 bits per heavy atom. The van der Waals surface area contributed by atoms with Crippen LogP contribution in [0.2, 0.25) is 5.02 Å². The summed E-state index contributed by atoms with van der Waals surface area (Å²) in [6, 6.07) is 4.35. The second kappa shape index (κ2) is 3.60. The number of halogens is 2. The highest BCUT2D eigenvalue weighted by Gasteiger charge is 2.07. The van der Waals surface area contributed by atoms with Gasteiger partial charge >= 0.3 is 0 Å². The van der Waals surface area contributed by atoms with Crippen LogP contribution in [0, 0.1) is 6.92 Å². The van der Waals surface area contributed by atoms with E-state index in [1.165, 1.54) is 21.2 Å². The maximum absolute atomic E-state index is 6.10. The lowest BCUT2D eigenvalue weighted by atomic mass is 10.1. The summed E-state index contributed by atoms with van der Waals surface area (Å²) in [5.41, 5.74) is 2.57. The molecule has 68 valence electrons. The lowest BCUT2D eigenvalue weighted by molar-refractivity contribution is 1.42. The second-order valence-corrected chi connectivity index (χ2v) is 4.89. The summed E-state index contributed by atoms with van der Waals surface area (Å²) >= 11 is 11.3. The Bertz CT molecular complexity index is 447. The summed E-state index contributed by atoms with van der Waals surface area (Å²) < 4.78 is 1.28. The van der Waals surface area contributed by atoms with Gasteiger partial charge in [-0.2, -0.15) is 0 Å². The predicted octanol–water partition coefficient (Wildman–Crippen LogP) is 4.76. The Hall–Kier alpha value is -0.0500. The van der Waals surface area contributed by atoms with E-state index in [0.717, 1.165) is 10.4 Å². The lowest BCUT2D eigenvalue weighted by Crippen LogP contribution is -1.81. The predicted molar refractivity (Wildman–Crippen MR) is 64.2 cm³/mol. The Kier molecular flexibility index (Phi) is 2.63. The first-order valence-corrected chi connectivity index (χ1v) is 6.32. The highest BCUT2D eigenvalue weighted by Crippen LogP contribution is 2.34. The van der Waals surface area contributed by atoms with E-state index in [1.54, 1.807) is 11.3 Å². The number of rotatable bonds is 1. The van der Waals surface area contributed by atoms with Crippen LogP contribution in [0.1, 0.15) is 11.1 Å². The SMILES string of the molecule is Cc1cc(CBr)c2c(Cl)csc2c1. The minimum Gasteiger partial charge on any atom is -0.142 e. The van der Waals surface area contributed by atoms with Crippen molar-refractivity contribution in [1.82, 2.24) is 0 Å². The first-order valence-electron chi connectivity index (χ1n) is 3.94. The molecule has 0 amide bonds. The molecule has 0 aliphatic carbocycles. The zero-order valence-electron chi connectivity index (χ0n) is 7.10. The molecule has 1 aromatic heterocycles. The highest BCUT2D eigenvalue weighted by atomic mass is 79.9. The number of thiophene rings is 1. The van der Waals surface area contributed by atoms with Crippen molar-refractivity contribution in [1.29, 1.82) is 0 Å². The van der Waals surface area contributed by atoms with Crippen molar-refractivity contribution in [2.45, 2.75) is 12.3 Å². The Labute approximate surface area is 94.7 Å². The maximum Gasteiger partial charge on any atom is 0.0594 e. The van der Waals surface area contributed by atoms with E-state index < -0.39 is 0 Å². The van der Waals surface area contributed by atoms with Crippen LogP contribution >= 0.6 is 38.9 Å². The van der Waals surface area contributed by atoms with E-state index >= 15 is 0 Å². The van der Waals surface area contributed by atoms with Crippen LogP contribution < -0.4 is 0 Å². The van der Waals surface area contributed by atoms with Gasteiger partial charge in [0.1, 0.15) is 0 Å². The summed E-state index contributed by atoms with van der Waals surface area (Å²) in [6.45, 7) is 2.11. The fraction of sp³-hybridized carbons (Fsp3) is 0.200. The monoisotopic (exact) mass is 274 g/mol. The molecule has 1 heterocycles. The van der Waals surface area contributed by atoms with Gasteiger partial charge in [0, 0.05) is 20.8 Å². The molecule has 2 rings (SSSR count). The Balaban J connectivity index is 2.85. The molecule has 0 N–H and O–H groups in total. The van der Waals surface area contributed by atoms with E-state index in [4.69, 9.17) is 11.6 Å². The third-order valence-corrected chi connectivity index (χ3v) is 3.96.